The molecular formula is C15H13N3O3. The summed E-state index contributed by atoms with van der Waals surface area (Å²) >= 11 is 0. The van der Waals surface area contributed by atoms with E-state index in [4.69, 9.17) is 9.84 Å². The summed E-state index contributed by atoms with van der Waals surface area (Å²) in [6.45, 7) is 1.91. The molecule has 0 atom stereocenters. The summed E-state index contributed by atoms with van der Waals surface area (Å²) in [6.07, 6.45) is 1.69. The summed E-state index contributed by atoms with van der Waals surface area (Å²) in [5.41, 5.74) is 3.92. The highest BCUT2D eigenvalue weighted by atomic mass is 16.5. The third-order valence-corrected chi connectivity index (χ3v) is 3.22. The summed E-state index contributed by atoms with van der Waals surface area (Å²) in [7, 11) is 1.58. The Balaban J connectivity index is 2.08. The van der Waals surface area contributed by atoms with Crippen molar-refractivity contribution in [3.05, 3.63) is 41.7 Å². The van der Waals surface area contributed by atoms with Crippen molar-refractivity contribution in [1.29, 1.82) is 0 Å². The number of rotatable bonds is 3. The summed E-state index contributed by atoms with van der Waals surface area (Å²) in [4.78, 5) is 22.5. The monoisotopic (exact) mass is 283 g/mol. The highest BCUT2D eigenvalue weighted by Gasteiger charge is 2.10. The summed E-state index contributed by atoms with van der Waals surface area (Å²) in [5.74, 6) is -0.425. The molecule has 0 spiro atoms. The standard InChI is InChI=1S/C15H13N3O3/c1-8-5-9(7-16-14(8)21-2)10-3-4-11-12(17-10)6-13(18-11)15(19)20/h3-7,18H,1-2H3,(H,19,20). The fraction of sp³-hybridized carbons (Fsp3) is 0.133. The molecule has 0 unspecified atom stereocenters. The zero-order chi connectivity index (χ0) is 15.0. The van der Waals surface area contributed by atoms with E-state index in [-0.39, 0.29) is 5.69 Å². The molecule has 0 fully saturated rings. The van der Waals surface area contributed by atoms with Gasteiger partial charge >= 0.3 is 5.97 Å². The van der Waals surface area contributed by atoms with E-state index in [2.05, 4.69) is 15.0 Å². The molecule has 0 saturated carbocycles. The van der Waals surface area contributed by atoms with E-state index in [0.717, 1.165) is 16.8 Å². The second kappa shape index (κ2) is 4.90. The quantitative estimate of drug-likeness (QED) is 0.771. The first-order valence-corrected chi connectivity index (χ1v) is 6.32. The molecular weight excluding hydrogens is 270 g/mol. The number of pyridine rings is 2. The molecule has 2 N–H and O–H groups in total. The normalized spacial score (nSPS) is 10.8. The van der Waals surface area contributed by atoms with Gasteiger partial charge in [0.1, 0.15) is 5.69 Å². The Kier molecular flexibility index (Phi) is 3.06. The van der Waals surface area contributed by atoms with Gasteiger partial charge in [0.25, 0.3) is 0 Å². The van der Waals surface area contributed by atoms with E-state index < -0.39 is 5.97 Å². The Labute approximate surface area is 120 Å². The van der Waals surface area contributed by atoms with E-state index in [1.54, 1.807) is 13.3 Å². The highest BCUT2D eigenvalue weighted by Crippen LogP contribution is 2.24. The first-order valence-electron chi connectivity index (χ1n) is 6.32. The molecule has 0 radical (unpaired) electrons. The maximum absolute atomic E-state index is 11.0. The van der Waals surface area contributed by atoms with Crippen LogP contribution in [0.2, 0.25) is 0 Å². The number of ether oxygens (including phenoxy) is 1. The highest BCUT2D eigenvalue weighted by molar-refractivity contribution is 5.92. The van der Waals surface area contributed by atoms with Gasteiger partial charge in [0.05, 0.1) is 23.8 Å². The van der Waals surface area contributed by atoms with Gasteiger partial charge in [-0.2, -0.15) is 0 Å². The Hall–Kier alpha value is -2.89. The lowest BCUT2D eigenvalue weighted by atomic mass is 10.1. The number of nitrogens with one attached hydrogen (secondary N) is 1. The summed E-state index contributed by atoms with van der Waals surface area (Å²) in [5, 5.41) is 8.98. The minimum Gasteiger partial charge on any atom is -0.481 e. The minimum absolute atomic E-state index is 0.124. The van der Waals surface area contributed by atoms with Crippen LogP contribution in [0.15, 0.2) is 30.5 Å². The lowest BCUT2D eigenvalue weighted by Crippen LogP contribution is -1.94. The average Bonchev–Trinajstić information content (AvgIpc) is 2.90. The predicted octanol–water partition coefficient (Wildman–Crippen LogP) is 2.64. The maximum atomic E-state index is 11.0. The number of hydrogen-bond donors (Lipinski definition) is 2. The van der Waals surface area contributed by atoms with Crippen molar-refractivity contribution in [3.8, 4) is 17.1 Å². The lowest BCUT2D eigenvalue weighted by Gasteiger charge is -2.06. The van der Waals surface area contributed by atoms with Gasteiger partial charge in [-0.15, -0.1) is 0 Å². The second-order valence-electron chi connectivity index (χ2n) is 4.67. The fourth-order valence-electron chi connectivity index (χ4n) is 2.20. The van der Waals surface area contributed by atoms with Crippen LogP contribution >= 0.6 is 0 Å². The van der Waals surface area contributed by atoms with E-state index in [1.165, 1.54) is 6.07 Å². The van der Waals surface area contributed by atoms with Crippen molar-refractivity contribution in [2.24, 2.45) is 0 Å². The molecule has 3 heterocycles. The van der Waals surface area contributed by atoms with Crippen molar-refractivity contribution < 1.29 is 14.6 Å². The van der Waals surface area contributed by atoms with Gasteiger partial charge < -0.3 is 14.8 Å². The van der Waals surface area contributed by atoms with Crippen LogP contribution in [0.1, 0.15) is 16.1 Å². The molecule has 0 aromatic carbocycles. The molecule has 6 heteroatoms. The third kappa shape index (κ3) is 2.31. The number of nitrogens with zero attached hydrogens (tertiary/aromatic N) is 2. The number of fused-ring (bicyclic) bond motifs is 1. The fourth-order valence-corrected chi connectivity index (χ4v) is 2.20. The van der Waals surface area contributed by atoms with E-state index in [9.17, 15) is 4.79 Å². The molecule has 21 heavy (non-hydrogen) atoms. The number of H-pyrrole nitrogens is 1. The second-order valence-corrected chi connectivity index (χ2v) is 4.67. The lowest BCUT2D eigenvalue weighted by molar-refractivity contribution is 0.0691. The summed E-state index contributed by atoms with van der Waals surface area (Å²) in [6, 6.07) is 7.09. The number of aromatic nitrogens is 3. The van der Waals surface area contributed by atoms with Crippen LogP contribution in [0.5, 0.6) is 5.88 Å². The van der Waals surface area contributed by atoms with E-state index >= 15 is 0 Å². The van der Waals surface area contributed by atoms with Crippen LogP contribution < -0.4 is 4.74 Å². The van der Waals surface area contributed by atoms with Gasteiger partial charge in [0, 0.05) is 17.3 Å². The summed E-state index contributed by atoms with van der Waals surface area (Å²) < 4.78 is 5.13. The van der Waals surface area contributed by atoms with Gasteiger partial charge in [0.15, 0.2) is 0 Å². The number of methoxy groups -OCH3 is 1. The van der Waals surface area contributed by atoms with E-state index in [1.807, 2.05) is 25.1 Å². The molecule has 3 rings (SSSR count). The van der Waals surface area contributed by atoms with Crippen molar-refractivity contribution >= 4 is 17.0 Å². The molecule has 3 aromatic rings. The molecule has 0 bridgehead atoms. The van der Waals surface area contributed by atoms with Gasteiger partial charge in [0.2, 0.25) is 5.88 Å². The van der Waals surface area contributed by atoms with Crippen LogP contribution in [-0.2, 0) is 0 Å². The topological polar surface area (TPSA) is 88.1 Å². The zero-order valence-electron chi connectivity index (χ0n) is 11.5. The smallest absolute Gasteiger partial charge is 0.352 e. The van der Waals surface area contributed by atoms with Gasteiger partial charge in [-0.1, -0.05) is 0 Å². The van der Waals surface area contributed by atoms with Gasteiger partial charge in [-0.3, -0.25) is 0 Å². The average molecular weight is 283 g/mol. The number of aromatic amines is 1. The molecule has 6 nitrogen and oxygen atoms in total. The van der Waals surface area contributed by atoms with Crippen LogP contribution in [0.25, 0.3) is 22.3 Å². The number of carboxylic acid groups (broad SMARTS) is 1. The van der Waals surface area contributed by atoms with Crippen LogP contribution in [-0.4, -0.2) is 33.1 Å². The minimum atomic E-state index is -1.00. The van der Waals surface area contributed by atoms with Gasteiger partial charge in [-0.05, 0) is 31.2 Å². The van der Waals surface area contributed by atoms with Crippen molar-refractivity contribution in [3.63, 3.8) is 0 Å². The Morgan fingerprint density at radius 1 is 1.33 bits per heavy atom. The van der Waals surface area contributed by atoms with Crippen molar-refractivity contribution in [1.82, 2.24) is 15.0 Å². The molecule has 0 saturated heterocycles. The number of carbonyl (C=O) groups is 1. The first-order chi connectivity index (χ1) is 10.1. The molecule has 0 aliphatic heterocycles. The number of carboxylic acids is 1. The molecule has 0 aliphatic carbocycles. The van der Waals surface area contributed by atoms with Crippen LogP contribution in [0, 0.1) is 6.92 Å². The number of hydrogen-bond acceptors (Lipinski definition) is 4. The molecule has 0 amide bonds. The zero-order valence-corrected chi connectivity index (χ0v) is 11.5. The Morgan fingerprint density at radius 2 is 2.14 bits per heavy atom. The van der Waals surface area contributed by atoms with Crippen molar-refractivity contribution in [2.75, 3.05) is 7.11 Å². The largest absolute Gasteiger partial charge is 0.481 e. The molecule has 106 valence electrons. The predicted molar refractivity (Wildman–Crippen MR) is 77.6 cm³/mol. The number of aromatic carboxylic acids is 1. The Morgan fingerprint density at radius 3 is 2.81 bits per heavy atom. The first kappa shape index (κ1) is 13.1. The Bertz CT molecular complexity index is 839. The van der Waals surface area contributed by atoms with Gasteiger partial charge in [-0.25, -0.2) is 14.8 Å². The maximum Gasteiger partial charge on any atom is 0.352 e. The SMILES string of the molecule is COc1ncc(-c2ccc3[nH]c(C(=O)O)cc3n2)cc1C. The molecule has 0 aliphatic rings. The number of aryl methyl sites for hydroxylation is 1. The van der Waals surface area contributed by atoms with Crippen LogP contribution in [0.4, 0.5) is 0 Å². The van der Waals surface area contributed by atoms with E-state index in [0.29, 0.717) is 16.9 Å². The third-order valence-electron chi connectivity index (χ3n) is 3.22. The molecule has 3 aromatic heterocycles. The van der Waals surface area contributed by atoms with Crippen LogP contribution in [0.3, 0.4) is 0 Å². The van der Waals surface area contributed by atoms with Crippen molar-refractivity contribution in [2.45, 2.75) is 6.92 Å².